The molecule has 0 radical (unpaired) electrons. The molecule has 0 saturated carbocycles. The van der Waals surface area contributed by atoms with E-state index >= 15 is 0 Å². The zero-order valence-corrected chi connectivity index (χ0v) is 8.68. The smallest absolute Gasteiger partial charge is 0.166 e. The van der Waals surface area contributed by atoms with Crippen molar-refractivity contribution >= 4 is 6.29 Å². The fourth-order valence-electron chi connectivity index (χ4n) is 1.62. The van der Waals surface area contributed by atoms with E-state index in [-0.39, 0.29) is 0 Å². The summed E-state index contributed by atoms with van der Waals surface area (Å²) in [5, 5.41) is 0. The molecular weight excluding hydrogens is 186 g/mol. The number of hydrogen-bond acceptors (Lipinski definition) is 1. The van der Waals surface area contributed by atoms with E-state index in [1.807, 2.05) is 29.0 Å². The summed E-state index contributed by atoms with van der Waals surface area (Å²) in [6.45, 7) is 2.13. The molecule has 0 amide bonds. The van der Waals surface area contributed by atoms with Crippen LogP contribution in [-0.4, -0.2) is 10.9 Å². The minimum atomic E-state index is 0.680. The number of rotatable bonds is 3. The number of nitrogens with zero attached hydrogens (tertiary/aromatic N) is 1. The number of hydrogen-bond donors (Lipinski definition) is 0. The summed E-state index contributed by atoms with van der Waals surface area (Å²) in [5.41, 5.74) is 3.01. The van der Waals surface area contributed by atoms with E-state index in [2.05, 4.69) is 19.1 Å². The van der Waals surface area contributed by atoms with Crippen molar-refractivity contribution in [2.45, 2.75) is 13.3 Å². The van der Waals surface area contributed by atoms with Crippen molar-refractivity contribution in [2.75, 3.05) is 0 Å². The van der Waals surface area contributed by atoms with Crippen molar-refractivity contribution in [3.63, 3.8) is 0 Å². The number of aldehydes is 1. The highest BCUT2D eigenvalue weighted by Gasteiger charge is 2.01. The van der Waals surface area contributed by atoms with Crippen LogP contribution in [0.2, 0.25) is 0 Å². The highest BCUT2D eigenvalue weighted by molar-refractivity contribution is 5.73. The van der Waals surface area contributed by atoms with Gasteiger partial charge in [-0.3, -0.25) is 4.79 Å². The highest BCUT2D eigenvalue weighted by Crippen LogP contribution is 2.12. The van der Waals surface area contributed by atoms with Crippen LogP contribution in [0.15, 0.2) is 42.6 Å². The van der Waals surface area contributed by atoms with E-state index < -0.39 is 0 Å². The molecule has 2 aromatic rings. The molecule has 0 atom stereocenters. The number of aromatic nitrogens is 1. The summed E-state index contributed by atoms with van der Waals surface area (Å²) in [7, 11) is 0. The van der Waals surface area contributed by atoms with Crippen LogP contribution in [0.5, 0.6) is 0 Å². The average Bonchev–Trinajstić information content (AvgIpc) is 2.77. The predicted molar refractivity (Wildman–Crippen MR) is 60.5 cm³/mol. The number of carbonyl (C=O) groups excluding carboxylic acids is 1. The van der Waals surface area contributed by atoms with Crippen LogP contribution in [0.1, 0.15) is 23.0 Å². The minimum Gasteiger partial charge on any atom is -0.314 e. The molecule has 0 spiro atoms. The third-order valence-corrected chi connectivity index (χ3v) is 2.52. The quantitative estimate of drug-likeness (QED) is 0.697. The van der Waals surface area contributed by atoms with Gasteiger partial charge in [-0.15, -0.1) is 0 Å². The lowest BCUT2D eigenvalue weighted by Crippen LogP contribution is -1.97. The van der Waals surface area contributed by atoms with Crippen molar-refractivity contribution < 1.29 is 4.79 Å². The maximum atomic E-state index is 10.8. The Morgan fingerprint density at radius 3 is 2.53 bits per heavy atom. The topological polar surface area (TPSA) is 22.0 Å². The molecule has 2 nitrogen and oxygen atoms in total. The first kappa shape index (κ1) is 9.71. The van der Waals surface area contributed by atoms with E-state index in [0.717, 1.165) is 18.4 Å². The van der Waals surface area contributed by atoms with Crippen molar-refractivity contribution in [3.8, 4) is 5.69 Å². The molecule has 15 heavy (non-hydrogen) atoms. The fourth-order valence-corrected chi connectivity index (χ4v) is 1.62. The highest BCUT2D eigenvalue weighted by atomic mass is 16.1. The maximum absolute atomic E-state index is 10.8. The second-order valence-corrected chi connectivity index (χ2v) is 3.44. The summed E-state index contributed by atoms with van der Waals surface area (Å²) in [5.74, 6) is 0. The van der Waals surface area contributed by atoms with Gasteiger partial charge in [-0.25, -0.2) is 0 Å². The summed E-state index contributed by atoms with van der Waals surface area (Å²) in [6, 6.07) is 11.9. The van der Waals surface area contributed by atoms with E-state index in [9.17, 15) is 4.79 Å². The van der Waals surface area contributed by atoms with Gasteiger partial charge in [0, 0.05) is 11.9 Å². The molecule has 0 bridgehead atoms. The number of benzene rings is 1. The van der Waals surface area contributed by atoms with Gasteiger partial charge in [0.05, 0.1) is 5.69 Å². The average molecular weight is 199 g/mol. The van der Waals surface area contributed by atoms with Gasteiger partial charge in [0.1, 0.15) is 0 Å². The van der Waals surface area contributed by atoms with Crippen LogP contribution >= 0.6 is 0 Å². The molecule has 0 unspecified atom stereocenters. The van der Waals surface area contributed by atoms with Crippen molar-refractivity contribution in [1.29, 1.82) is 0 Å². The molecule has 0 N–H and O–H groups in total. The standard InChI is InChI=1S/C13H13NO/c1-2-11-5-7-12(8-6-11)14-9-3-4-13(14)10-15/h3-10H,2H2,1H3. The van der Waals surface area contributed by atoms with Gasteiger partial charge in [-0.1, -0.05) is 19.1 Å². The lowest BCUT2D eigenvalue weighted by molar-refractivity contribution is 0.111. The summed E-state index contributed by atoms with van der Waals surface area (Å²) >= 11 is 0. The van der Waals surface area contributed by atoms with Crippen LogP contribution in [0.4, 0.5) is 0 Å². The third-order valence-electron chi connectivity index (χ3n) is 2.52. The van der Waals surface area contributed by atoms with Crippen LogP contribution in [0, 0.1) is 0 Å². The molecule has 1 aromatic carbocycles. The van der Waals surface area contributed by atoms with E-state index in [1.54, 1.807) is 6.07 Å². The Kier molecular flexibility index (Phi) is 2.68. The van der Waals surface area contributed by atoms with Crippen molar-refractivity contribution in [2.24, 2.45) is 0 Å². The molecule has 0 saturated heterocycles. The van der Waals surface area contributed by atoms with Crippen LogP contribution < -0.4 is 0 Å². The second-order valence-electron chi connectivity index (χ2n) is 3.44. The minimum absolute atomic E-state index is 0.680. The van der Waals surface area contributed by atoms with Crippen molar-refractivity contribution in [3.05, 3.63) is 53.9 Å². The molecule has 1 heterocycles. The van der Waals surface area contributed by atoms with Crippen molar-refractivity contribution in [1.82, 2.24) is 4.57 Å². The monoisotopic (exact) mass is 199 g/mol. The van der Waals surface area contributed by atoms with Gasteiger partial charge < -0.3 is 4.57 Å². The molecular formula is C13H13NO. The number of carbonyl (C=O) groups is 1. The molecule has 2 rings (SSSR count). The molecule has 1 aromatic heterocycles. The first-order chi connectivity index (χ1) is 7.35. The Balaban J connectivity index is 2.41. The number of aryl methyl sites for hydroxylation is 1. The van der Waals surface area contributed by atoms with Gasteiger partial charge in [-0.05, 0) is 36.2 Å². The Hall–Kier alpha value is -1.83. The van der Waals surface area contributed by atoms with Gasteiger partial charge in [0.15, 0.2) is 6.29 Å². The van der Waals surface area contributed by atoms with Crippen LogP contribution in [0.3, 0.4) is 0 Å². The van der Waals surface area contributed by atoms with Gasteiger partial charge in [0.25, 0.3) is 0 Å². The lowest BCUT2D eigenvalue weighted by Gasteiger charge is -2.05. The molecule has 0 aliphatic rings. The molecule has 2 heteroatoms. The molecule has 0 fully saturated rings. The molecule has 0 aliphatic carbocycles. The summed E-state index contributed by atoms with van der Waals surface area (Å²) in [6.07, 6.45) is 3.80. The van der Waals surface area contributed by atoms with E-state index in [1.165, 1.54) is 5.56 Å². The fraction of sp³-hybridized carbons (Fsp3) is 0.154. The first-order valence-electron chi connectivity index (χ1n) is 5.07. The van der Waals surface area contributed by atoms with Crippen LogP contribution in [-0.2, 0) is 6.42 Å². The Morgan fingerprint density at radius 1 is 1.20 bits per heavy atom. The Labute approximate surface area is 89.2 Å². The zero-order chi connectivity index (χ0) is 10.7. The van der Waals surface area contributed by atoms with Gasteiger partial charge in [-0.2, -0.15) is 0 Å². The molecule has 0 aliphatic heterocycles. The zero-order valence-electron chi connectivity index (χ0n) is 8.68. The van der Waals surface area contributed by atoms with Gasteiger partial charge in [0.2, 0.25) is 0 Å². The first-order valence-corrected chi connectivity index (χ1v) is 5.07. The maximum Gasteiger partial charge on any atom is 0.166 e. The SMILES string of the molecule is CCc1ccc(-n2cccc2C=O)cc1. The van der Waals surface area contributed by atoms with Crippen LogP contribution in [0.25, 0.3) is 5.69 Å². The second kappa shape index (κ2) is 4.13. The third kappa shape index (κ3) is 1.84. The predicted octanol–water partition coefficient (Wildman–Crippen LogP) is 2.85. The summed E-state index contributed by atoms with van der Waals surface area (Å²) < 4.78 is 1.88. The van der Waals surface area contributed by atoms with E-state index in [4.69, 9.17) is 0 Å². The summed E-state index contributed by atoms with van der Waals surface area (Å²) in [4.78, 5) is 10.8. The van der Waals surface area contributed by atoms with E-state index in [0.29, 0.717) is 5.69 Å². The normalized spacial score (nSPS) is 10.2. The molecule has 76 valence electrons. The van der Waals surface area contributed by atoms with Gasteiger partial charge >= 0.3 is 0 Å². The Bertz CT molecular complexity index is 454. The largest absolute Gasteiger partial charge is 0.314 e. The Morgan fingerprint density at radius 2 is 1.93 bits per heavy atom. The lowest BCUT2D eigenvalue weighted by atomic mass is 10.1.